The zero-order valence-electron chi connectivity index (χ0n) is 15.1. The summed E-state index contributed by atoms with van der Waals surface area (Å²) in [4.78, 5) is 39.5. The van der Waals surface area contributed by atoms with Crippen LogP contribution in [0.25, 0.3) is 0 Å². The van der Waals surface area contributed by atoms with Gasteiger partial charge in [-0.15, -0.1) is 0 Å². The number of imide groups is 1. The minimum atomic E-state index is -0.909. The monoisotopic (exact) mass is 361 g/mol. The number of hydrogen-bond donors (Lipinski definition) is 1. The Kier molecular flexibility index (Phi) is 5.04. The van der Waals surface area contributed by atoms with E-state index < -0.39 is 23.8 Å². The molecule has 2 aromatic rings. The Morgan fingerprint density at radius 1 is 1.04 bits per heavy atom. The van der Waals surface area contributed by atoms with Crippen molar-refractivity contribution in [2.24, 2.45) is 5.92 Å². The number of rotatable bonds is 5. The number of benzene rings is 2. The summed E-state index contributed by atoms with van der Waals surface area (Å²) >= 11 is 0. The predicted molar refractivity (Wildman–Crippen MR) is 100.0 cm³/mol. The van der Waals surface area contributed by atoms with E-state index in [1.54, 1.807) is 48.5 Å². The van der Waals surface area contributed by atoms with Gasteiger partial charge < -0.3 is 5.32 Å². The number of fused-ring (bicyclic) bond motifs is 1. The van der Waals surface area contributed by atoms with Crippen molar-refractivity contribution in [3.05, 3.63) is 65.2 Å². The van der Waals surface area contributed by atoms with E-state index >= 15 is 0 Å². The average Bonchev–Trinajstić information content (AvgIpc) is 2.91. The highest BCUT2D eigenvalue weighted by Crippen LogP contribution is 2.27. The van der Waals surface area contributed by atoms with Gasteiger partial charge in [-0.05, 0) is 48.7 Å². The Balaban J connectivity index is 1.88. The van der Waals surface area contributed by atoms with E-state index in [1.165, 1.54) is 0 Å². The van der Waals surface area contributed by atoms with Crippen molar-refractivity contribution in [3.63, 3.8) is 0 Å². The van der Waals surface area contributed by atoms with Crippen molar-refractivity contribution in [2.75, 3.05) is 5.32 Å². The molecule has 0 aromatic heterocycles. The van der Waals surface area contributed by atoms with Gasteiger partial charge in [-0.3, -0.25) is 19.3 Å². The predicted octanol–water partition coefficient (Wildman–Crippen LogP) is 3.21. The normalized spacial score (nSPS) is 14.1. The fraction of sp³-hybridized carbons (Fsp3) is 0.238. The second-order valence-electron chi connectivity index (χ2n) is 6.85. The van der Waals surface area contributed by atoms with Crippen LogP contribution >= 0.6 is 0 Å². The van der Waals surface area contributed by atoms with Gasteiger partial charge in [-0.25, -0.2) is 0 Å². The third kappa shape index (κ3) is 3.58. The van der Waals surface area contributed by atoms with Crippen molar-refractivity contribution in [1.82, 2.24) is 4.90 Å². The average molecular weight is 361 g/mol. The zero-order valence-corrected chi connectivity index (χ0v) is 15.1. The van der Waals surface area contributed by atoms with Gasteiger partial charge in [0.05, 0.1) is 22.8 Å². The van der Waals surface area contributed by atoms with Crippen LogP contribution in [0.15, 0.2) is 48.5 Å². The lowest BCUT2D eigenvalue weighted by Crippen LogP contribution is -2.47. The van der Waals surface area contributed by atoms with Gasteiger partial charge >= 0.3 is 0 Å². The maximum absolute atomic E-state index is 12.9. The largest absolute Gasteiger partial charge is 0.324 e. The first kappa shape index (κ1) is 18.3. The van der Waals surface area contributed by atoms with Crippen LogP contribution in [0.4, 0.5) is 5.69 Å². The fourth-order valence-electron chi connectivity index (χ4n) is 3.12. The van der Waals surface area contributed by atoms with Gasteiger partial charge in [0.2, 0.25) is 5.91 Å². The highest BCUT2D eigenvalue weighted by atomic mass is 16.2. The molecule has 1 N–H and O–H groups in total. The minimum absolute atomic E-state index is 0.103. The van der Waals surface area contributed by atoms with E-state index in [0.29, 0.717) is 28.8 Å². The van der Waals surface area contributed by atoms with Crippen LogP contribution in [0.1, 0.15) is 46.5 Å². The number of amides is 3. The van der Waals surface area contributed by atoms with E-state index in [9.17, 15) is 14.4 Å². The van der Waals surface area contributed by atoms with Crippen molar-refractivity contribution in [1.29, 1.82) is 5.26 Å². The van der Waals surface area contributed by atoms with Crippen LogP contribution in [0.2, 0.25) is 0 Å². The number of carbonyl (C=O) groups excluding carboxylic acids is 3. The molecule has 0 spiro atoms. The summed E-state index contributed by atoms with van der Waals surface area (Å²) in [5.41, 5.74) is 1.63. The quantitative estimate of drug-likeness (QED) is 0.828. The summed E-state index contributed by atoms with van der Waals surface area (Å²) in [6.45, 7) is 3.86. The molecule has 136 valence electrons. The summed E-state index contributed by atoms with van der Waals surface area (Å²) < 4.78 is 0. The Labute approximate surface area is 157 Å². The molecule has 1 atom stereocenters. The highest BCUT2D eigenvalue weighted by molar-refractivity contribution is 6.23. The van der Waals surface area contributed by atoms with Gasteiger partial charge in [-0.2, -0.15) is 5.26 Å². The third-order valence-corrected chi connectivity index (χ3v) is 4.42. The molecule has 27 heavy (non-hydrogen) atoms. The van der Waals surface area contributed by atoms with Crippen molar-refractivity contribution < 1.29 is 14.4 Å². The van der Waals surface area contributed by atoms with Crippen LogP contribution in [0.5, 0.6) is 0 Å². The molecular formula is C21H19N3O3. The summed E-state index contributed by atoms with van der Waals surface area (Å²) in [6, 6.07) is 14.1. The standard InChI is InChI=1S/C21H19N3O3/c1-13(2)11-18(19(25)23-15-9-7-14(12-22)8-10-15)24-20(26)16-5-3-4-6-17(16)21(24)27/h3-10,13,18H,11H2,1-2H3,(H,23,25)/t18-/m0/s1. The van der Waals surface area contributed by atoms with Gasteiger partial charge in [0.15, 0.2) is 0 Å². The molecule has 6 heteroatoms. The number of anilines is 1. The van der Waals surface area contributed by atoms with Gasteiger partial charge in [-0.1, -0.05) is 26.0 Å². The van der Waals surface area contributed by atoms with E-state index in [-0.39, 0.29) is 5.92 Å². The minimum Gasteiger partial charge on any atom is -0.324 e. The molecule has 0 saturated heterocycles. The molecule has 3 amide bonds. The number of carbonyl (C=O) groups is 3. The van der Waals surface area contributed by atoms with Gasteiger partial charge in [0.25, 0.3) is 11.8 Å². The molecule has 0 bridgehead atoms. The molecule has 0 saturated carbocycles. The van der Waals surface area contributed by atoms with Crippen molar-refractivity contribution >= 4 is 23.4 Å². The SMILES string of the molecule is CC(C)C[C@@H](C(=O)Nc1ccc(C#N)cc1)N1C(=O)c2ccccc2C1=O. The lowest BCUT2D eigenvalue weighted by Gasteiger charge is -2.26. The first-order valence-electron chi connectivity index (χ1n) is 8.70. The summed E-state index contributed by atoms with van der Waals surface area (Å²) in [5.74, 6) is -1.22. The molecule has 2 aromatic carbocycles. The summed E-state index contributed by atoms with van der Waals surface area (Å²) in [5, 5.41) is 11.6. The number of nitriles is 1. The van der Waals surface area contributed by atoms with Crippen molar-refractivity contribution in [2.45, 2.75) is 26.3 Å². The maximum atomic E-state index is 12.9. The first-order valence-corrected chi connectivity index (χ1v) is 8.70. The van der Waals surface area contributed by atoms with E-state index in [4.69, 9.17) is 5.26 Å². The Bertz CT molecular complexity index is 907. The first-order chi connectivity index (χ1) is 12.9. The Morgan fingerprint density at radius 2 is 1.59 bits per heavy atom. The second kappa shape index (κ2) is 7.42. The molecule has 0 radical (unpaired) electrons. The molecule has 0 fully saturated rings. The van der Waals surface area contributed by atoms with E-state index in [0.717, 1.165) is 4.90 Å². The van der Waals surface area contributed by atoms with Crippen molar-refractivity contribution in [3.8, 4) is 6.07 Å². The number of nitrogens with zero attached hydrogens (tertiary/aromatic N) is 2. The van der Waals surface area contributed by atoms with Crippen LogP contribution in [-0.2, 0) is 4.79 Å². The lowest BCUT2D eigenvalue weighted by atomic mass is 10.0. The molecule has 1 heterocycles. The summed E-state index contributed by atoms with van der Waals surface area (Å²) in [6.07, 6.45) is 0.355. The molecule has 1 aliphatic heterocycles. The van der Waals surface area contributed by atoms with E-state index in [1.807, 2.05) is 19.9 Å². The maximum Gasteiger partial charge on any atom is 0.262 e. The van der Waals surface area contributed by atoms with E-state index in [2.05, 4.69) is 5.32 Å². The molecule has 3 rings (SSSR count). The Morgan fingerprint density at radius 3 is 2.07 bits per heavy atom. The molecular weight excluding hydrogens is 342 g/mol. The molecule has 0 aliphatic carbocycles. The smallest absolute Gasteiger partial charge is 0.262 e. The van der Waals surface area contributed by atoms with Crippen LogP contribution in [0, 0.1) is 17.2 Å². The molecule has 6 nitrogen and oxygen atoms in total. The number of hydrogen-bond acceptors (Lipinski definition) is 4. The number of nitrogens with one attached hydrogen (secondary N) is 1. The van der Waals surface area contributed by atoms with Gasteiger partial charge in [0.1, 0.15) is 6.04 Å². The highest BCUT2D eigenvalue weighted by Gasteiger charge is 2.42. The zero-order chi connectivity index (χ0) is 19.6. The van der Waals surface area contributed by atoms with Crippen LogP contribution in [-0.4, -0.2) is 28.7 Å². The topological polar surface area (TPSA) is 90.3 Å². The van der Waals surface area contributed by atoms with Gasteiger partial charge in [0, 0.05) is 5.69 Å². The van der Waals surface area contributed by atoms with Crippen LogP contribution < -0.4 is 5.32 Å². The lowest BCUT2D eigenvalue weighted by molar-refractivity contribution is -0.120. The third-order valence-electron chi connectivity index (χ3n) is 4.42. The fourth-order valence-corrected chi connectivity index (χ4v) is 3.12. The second-order valence-corrected chi connectivity index (χ2v) is 6.85. The summed E-state index contributed by atoms with van der Waals surface area (Å²) in [7, 11) is 0. The molecule has 1 aliphatic rings. The van der Waals surface area contributed by atoms with Crippen LogP contribution in [0.3, 0.4) is 0 Å². The Hall–Kier alpha value is -3.46. The molecule has 0 unspecified atom stereocenters.